The SMILES string of the molecule is Cc1ccc(CN(C=O)C(=Nc2ccc(Oc3ccc(C#N)cn3)cc2)NC(=O)N(C)C)cc1. The van der Waals surface area contributed by atoms with Gasteiger partial charge in [-0.2, -0.15) is 5.26 Å². The van der Waals surface area contributed by atoms with E-state index in [9.17, 15) is 9.59 Å². The summed E-state index contributed by atoms with van der Waals surface area (Å²) in [5.41, 5.74) is 2.94. The number of nitrogens with one attached hydrogen (secondary N) is 1. The second-order valence-corrected chi connectivity index (χ2v) is 7.57. The second-order valence-electron chi connectivity index (χ2n) is 7.57. The molecule has 1 heterocycles. The van der Waals surface area contributed by atoms with E-state index in [4.69, 9.17) is 10.00 Å². The summed E-state index contributed by atoms with van der Waals surface area (Å²) < 4.78 is 5.68. The summed E-state index contributed by atoms with van der Waals surface area (Å²) >= 11 is 0. The highest BCUT2D eigenvalue weighted by Crippen LogP contribution is 2.23. The molecular formula is C25H24N6O3. The maximum absolute atomic E-state index is 12.3. The van der Waals surface area contributed by atoms with Crippen molar-refractivity contribution in [3.8, 4) is 17.7 Å². The van der Waals surface area contributed by atoms with Crippen LogP contribution in [-0.2, 0) is 11.3 Å². The first-order valence-corrected chi connectivity index (χ1v) is 10.4. The molecule has 0 saturated carbocycles. The van der Waals surface area contributed by atoms with E-state index in [0.717, 1.165) is 11.1 Å². The summed E-state index contributed by atoms with van der Waals surface area (Å²) in [5, 5.41) is 11.5. The molecule has 172 valence electrons. The van der Waals surface area contributed by atoms with Crippen molar-refractivity contribution < 1.29 is 14.3 Å². The molecule has 0 spiro atoms. The van der Waals surface area contributed by atoms with Crippen LogP contribution in [0.15, 0.2) is 71.9 Å². The topological polar surface area (TPSA) is 111 Å². The van der Waals surface area contributed by atoms with Gasteiger partial charge in [0.15, 0.2) is 0 Å². The molecule has 0 radical (unpaired) electrons. The van der Waals surface area contributed by atoms with Crippen molar-refractivity contribution in [3.05, 3.63) is 83.6 Å². The van der Waals surface area contributed by atoms with E-state index in [-0.39, 0.29) is 12.5 Å². The Morgan fingerprint density at radius 1 is 1.12 bits per heavy atom. The molecule has 1 N–H and O–H groups in total. The van der Waals surface area contributed by atoms with Gasteiger partial charge in [-0.05, 0) is 42.8 Å². The maximum atomic E-state index is 12.3. The minimum absolute atomic E-state index is 0.0942. The van der Waals surface area contributed by atoms with Crippen LogP contribution in [0.5, 0.6) is 11.6 Å². The molecule has 9 heteroatoms. The van der Waals surface area contributed by atoms with Gasteiger partial charge in [0.25, 0.3) is 0 Å². The van der Waals surface area contributed by atoms with Crippen LogP contribution >= 0.6 is 0 Å². The van der Waals surface area contributed by atoms with Gasteiger partial charge in [0.05, 0.1) is 17.8 Å². The van der Waals surface area contributed by atoms with Crippen molar-refractivity contribution in [1.29, 1.82) is 5.26 Å². The average Bonchev–Trinajstić information content (AvgIpc) is 2.85. The third-order valence-corrected chi connectivity index (χ3v) is 4.66. The highest BCUT2D eigenvalue weighted by atomic mass is 16.5. The van der Waals surface area contributed by atoms with Gasteiger partial charge in [0.2, 0.25) is 18.2 Å². The zero-order valence-electron chi connectivity index (χ0n) is 19.1. The third-order valence-electron chi connectivity index (χ3n) is 4.66. The van der Waals surface area contributed by atoms with Gasteiger partial charge in [-0.15, -0.1) is 0 Å². The average molecular weight is 457 g/mol. The molecule has 0 atom stereocenters. The maximum Gasteiger partial charge on any atom is 0.323 e. The molecule has 0 aliphatic heterocycles. The lowest BCUT2D eigenvalue weighted by molar-refractivity contribution is -0.115. The van der Waals surface area contributed by atoms with Gasteiger partial charge in [-0.3, -0.25) is 15.0 Å². The summed E-state index contributed by atoms with van der Waals surface area (Å²) in [6.45, 7) is 2.22. The first-order valence-electron chi connectivity index (χ1n) is 10.4. The molecule has 0 bridgehead atoms. The van der Waals surface area contributed by atoms with E-state index in [0.29, 0.717) is 29.3 Å². The summed E-state index contributed by atoms with van der Waals surface area (Å²) in [6, 6.07) is 19.3. The minimum Gasteiger partial charge on any atom is -0.439 e. The lowest BCUT2D eigenvalue weighted by Crippen LogP contribution is -2.46. The number of rotatable bonds is 6. The van der Waals surface area contributed by atoms with E-state index >= 15 is 0 Å². The molecule has 0 aliphatic rings. The third kappa shape index (κ3) is 6.64. The number of amides is 3. The number of benzene rings is 2. The molecule has 1 aromatic heterocycles. The van der Waals surface area contributed by atoms with Crippen LogP contribution in [0.2, 0.25) is 0 Å². The van der Waals surface area contributed by atoms with E-state index in [1.165, 1.54) is 16.0 Å². The summed E-state index contributed by atoms with van der Waals surface area (Å²) in [6.07, 6.45) is 2.05. The van der Waals surface area contributed by atoms with Crippen LogP contribution < -0.4 is 10.1 Å². The van der Waals surface area contributed by atoms with E-state index in [1.807, 2.05) is 37.3 Å². The molecule has 0 fully saturated rings. The Kier molecular flexibility index (Phi) is 7.92. The lowest BCUT2D eigenvalue weighted by Gasteiger charge is -2.22. The zero-order chi connectivity index (χ0) is 24.5. The number of carbonyl (C=O) groups is 2. The Morgan fingerprint density at radius 2 is 1.82 bits per heavy atom. The lowest BCUT2D eigenvalue weighted by atomic mass is 10.1. The van der Waals surface area contributed by atoms with E-state index in [1.54, 1.807) is 50.5 Å². The van der Waals surface area contributed by atoms with Crippen molar-refractivity contribution in [2.24, 2.45) is 4.99 Å². The van der Waals surface area contributed by atoms with Crippen molar-refractivity contribution in [1.82, 2.24) is 20.1 Å². The Labute approximate surface area is 197 Å². The number of urea groups is 1. The highest BCUT2D eigenvalue weighted by Gasteiger charge is 2.16. The largest absolute Gasteiger partial charge is 0.439 e. The quantitative estimate of drug-likeness (QED) is 0.343. The second kappa shape index (κ2) is 11.2. The standard InChI is InChI=1S/C25H24N6O3/c1-18-4-6-19(7-5-18)16-31(17-32)24(29-25(33)30(2)3)28-21-9-11-22(12-10-21)34-23-13-8-20(14-26)15-27-23/h4-13,15,17H,16H2,1-3H3,(H,28,29,33). The van der Waals surface area contributed by atoms with Crippen molar-refractivity contribution in [2.45, 2.75) is 13.5 Å². The fourth-order valence-electron chi connectivity index (χ4n) is 2.76. The monoisotopic (exact) mass is 456 g/mol. The Hall–Kier alpha value is -4.71. The molecule has 9 nitrogen and oxygen atoms in total. The number of hydrogen-bond donors (Lipinski definition) is 1. The fourth-order valence-corrected chi connectivity index (χ4v) is 2.76. The fraction of sp³-hybridized carbons (Fsp3) is 0.160. The number of nitriles is 1. The van der Waals surface area contributed by atoms with Crippen LogP contribution in [0, 0.1) is 18.3 Å². The number of hydrogen-bond acceptors (Lipinski definition) is 6. The number of guanidine groups is 1. The van der Waals surface area contributed by atoms with Crippen LogP contribution in [0.3, 0.4) is 0 Å². The first-order chi connectivity index (χ1) is 16.4. The van der Waals surface area contributed by atoms with Gasteiger partial charge in [0.1, 0.15) is 11.8 Å². The Balaban J connectivity index is 1.82. The van der Waals surface area contributed by atoms with Gasteiger partial charge in [0, 0.05) is 26.4 Å². The van der Waals surface area contributed by atoms with Crippen molar-refractivity contribution in [2.75, 3.05) is 14.1 Å². The smallest absolute Gasteiger partial charge is 0.323 e. The molecule has 3 rings (SSSR count). The molecule has 3 aromatic rings. The van der Waals surface area contributed by atoms with Crippen molar-refractivity contribution in [3.63, 3.8) is 0 Å². The summed E-state index contributed by atoms with van der Waals surface area (Å²) in [7, 11) is 3.20. The normalized spacial score (nSPS) is 10.7. The number of carbonyl (C=O) groups excluding carboxylic acids is 2. The van der Waals surface area contributed by atoms with Crippen LogP contribution in [0.25, 0.3) is 0 Å². The summed E-state index contributed by atoms with van der Waals surface area (Å²) in [5.74, 6) is 0.957. The van der Waals surface area contributed by atoms with E-state index in [2.05, 4.69) is 15.3 Å². The number of nitrogens with zero attached hydrogens (tertiary/aromatic N) is 5. The predicted molar refractivity (Wildman–Crippen MR) is 128 cm³/mol. The molecule has 0 unspecified atom stereocenters. The van der Waals surface area contributed by atoms with Gasteiger partial charge < -0.3 is 9.64 Å². The number of aliphatic imine (C=N–C) groups is 1. The molecule has 0 saturated heterocycles. The van der Waals surface area contributed by atoms with Gasteiger partial charge >= 0.3 is 6.03 Å². The van der Waals surface area contributed by atoms with Crippen LogP contribution in [0.4, 0.5) is 10.5 Å². The number of pyridine rings is 1. The van der Waals surface area contributed by atoms with Crippen LogP contribution in [0.1, 0.15) is 16.7 Å². The zero-order valence-corrected chi connectivity index (χ0v) is 19.1. The van der Waals surface area contributed by atoms with Crippen LogP contribution in [-0.4, -0.2) is 47.3 Å². The number of aromatic nitrogens is 1. The van der Waals surface area contributed by atoms with Gasteiger partial charge in [-0.25, -0.2) is 14.8 Å². The Morgan fingerprint density at radius 3 is 2.38 bits per heavy atom. The Bertz CT molecular complexity index is 1200. The molecule has 3 amide bonds. The molecule has 34 heavy (non-hydrogen) atoms. The molecule has 2 aromatic carbocycles. The first kappa shape index (κ1) is 23.9. The number of aryl methyl sites for hydroxylation is 1. The summed E-state index contributed by atoms with van der Waals surface area (Å²) in [4.78, 5) is 35.4. The molecular weight excluding hydrogens is 432 g/mol. The van der Waals surface area contributed by atoms with E-state index < -0.39 is 6.03 Å². The molecule has 0 aliphatic carbocycles. The van der Waals surface area contributed by atoms with Crippen molar-refractivity contribution >= 4 is 24.1 Å². The highest BCUT2D eigenvalue weighted by molar-refractivity contribution is 6.01. The number of ether oxygens (including phenoxy) is 1. The minimum atomic E-state index is -0.415. The van der Waals surface area contributed by atoms with Gasteiger partial charge in [-0.1, -0.05) is 29.8 Å². The predicted octanol–water partition coefficient (Wildman–Crippen LogP) is 3.97.